The average Bonchev–Trinajstić information content (AvgIpc) is 2.63. The van der Waals surface area contributed by atoms with Crippen molar-refractivity contribution in [1.82, 2.24) is 4.98 Å². The Morgan fingerprint density at radius 2 is 2.03 bits per heavy atom. The Morgan fingerprint density at radius 1 is 1.37 bits per heavy atom. The minimum absolute atomic E-state index is 0.0434. The summed E-state index contributed by atoms with van der Waals surface area (Å²) in [5.74, 6) is -1.86. The zero-order valence-corrected chi connectivity index (χ0v) is 17.4. The van der Waals surface area contributed by atoms with Crippen molar-refractivity contribution in [3.8, 4) is 0 Å². The third-order valence-electron chi connectivity index (χ3n) is 4.32. The van der Waals surface area contributed by atoms with E-state index >= 15 is 0 Å². The van der Waals surface area contributed by atoms with Gasteiger partial charge in [-0.3, -0.25) is 4.98 Å². The Morgan fingerprint density at radius 3 is 2.57 bits per heavy atom. The van der Waals surface area contributed by atoms with Crippen molar-refractivity contribution in [3.63, 3.8) is 0 Å². The highest BCUT2D eigenvalue weighted by Gasteiger charge is 2.32. The number of alkyl halides is 3. The molecule has 1 N–H and O–H groups in total. The van der Waals surface area contributed by atoms with Gasteiger partial charge in [0.15, 0.2) is 0 Å². The Labute approximate surface area is 177 Å². The molecule has 2 aromatic rings. The number of aromatic carboxylic acids is 1. The zero-order valence-electron chi connectivity index (χ0n) is 16.7. The fourth-order valence-corrected chi connectivity index (χ4v) is 3.23. The second-order valence-electron chi connectivity index (χ2n) is 6.94. The molecule has 4 nitrogen and oxygen atoms in total. The summed E-state index contributed by atoms with van der Waals surface area (Å²) in [4.78, 5) is 16.6. The second-order valence-corrected chi connectivity index (χ2v) is 7.37. The first-order chi connectivity index (χ1) is 13.9. The Hall–Kier alpha value is -2.80. The number of nitrogens with zero attached hydrogens (tertiary/aromatic N) is 1. The molecule has 1 aromatic heterocycles. The van der Waals surface area contributed by atoms with E-state index in [1.54, 1.807) is 32.0 Å². The van der Waals surface area contributed by atoms with Gasteiger partial charge in [0, 0.05) is 10.4 Å². The van der Waals surface area contributed by atoms with Gasteiger partial charge in [-0.1, -0.05) is 44.2 Å². The lowest BCUT2D eigenvalue weighted by Crippen LogP contribution is -2.15. The van der Waals surface area contributed by atoms with Gasteiger partial charge >= 0.3 is 12.3 Å². The van der Waals surface area contributed by atoms with Crippen molar-refractivity contribution >= 4 is 28.5 Å². The first kappa shape index (κ1) is 23.5. The number of pyridine rings is 1. The maximum Gasteiger partial charge on any atom is 0.573 e. The molecular weight excluding hydrogens is 419 g/mol. The van der Waals surface area contributed by atoms with E-state index in [-0.39, 0.29) is 23.5 Å². The number of carboxylic acids is 1. The topological polar surface area (TPSA) is 59.4 Å². The van der Waals surface area contributed by atoms with Gasteiger partial charge < -0.3 is 9.84 Å². The minimum atomic E-state index is -4.90. The molecule has 0 aliphatic heterocycles. The lowest BCUT2D eigenvalue weighted by Gasteiger charge is -2.18. The smallest absolute Gasteiger partial charge is 0.478 e. The van der Waals surface area contributed by atoms with Crippen LogP contribution >= 0.6 is 11.6 Å². The first-order valence-corrected chi connectivity index (χ1v) is 9.42. The summed E-state index contributed by atoms with van der Waals surface area (Å²) in [5.41, 5.74) is 1.33. The van der Waals surface area contributed by atoms with Crippen LogP contribution in [0, 0.1) is 0 Å². The summed E-state index contributed by atoms with van der Waals surface area (Å²) in [6.45, 7) is 8.49. The number of rotatable bonds is 7. The van der Waals surface area contributed by atoms with Crippen molar-refractivity contribution < 1.29 is 27.8 Å². The number of allylic oxidation sites excluding steroid dienone is 4. The van der Waals surface area contributed by atoms with Crippen LogP contribution in [0.1, 0.15) is 48.3 Å². The number of hydrogen-bond donors (Lipinski definition) is 1. The molecule has 0 bridgehead atoms. The van der Waals surface area contributed by atoms with Crippen molar-refractivity contribution in [3.05, 3.63) is 76.2 Å². The minimum Gasteiger partial charge on any atom is -0.478 e. The van der Waals surface area contributed by atoms with Crippen LogP contribution in [0.2, 0.25) is 5.02 Å². The van der Waals surface area contributed by atoms with Crippen molar-refractivity contribution in [2.24, 2.45) is 0 Å². The lowest BCUT2D eigenvalue weighted by atomic mass is 9.91. The van der Waals surface area contributed by atoms with Gasteiger partial charge in [0.05, 0.1) is 16.8 Å². The second kappa shape index (κ2) is 9.34. The van der Waals surface area contributed by atoms with Crippen LogP contribution in [0.3, 0.4) is 0 Å². The Kier molecular flexibility index (Phi) is 7.31. The maximum atomic E-state index is 12.9. The molecule has 0 radical (unpaired) electrons. The van der Waals surface area contributed by atoms with Gasteiger partial charge in [0.2, 0.25) is 0 Å². The van der Waals surface area contributed by atoms with E-state index in [0.29, 0.717) is 27.2 Å². The van der Waals surface area contributed by atoms with Crippen LogP contribution < -0.4 is 0 Å². The van der Waals surface area contributed by atoms with Crippen LogP contribution in [-0.2, 0) is 11.2 Å². The van der Waals surface area contributed by atoms with Crippen LogP contribution in [0.25, 0.3) is 10.9 Å². The van der Waals surface area contributed by atoms with E-state index in [9.17, 15) is 23.1 Å². The third kappa shape index (κ3) is 5.63. The predicted octanol–water partition coefficient (Wildman–Crippen LogP) is 6.80. The molecule has 0 unspecified atom stereocenters. The zero-order chi connectivity index (χ0) is 22.6. The lowest BCUT2D eigenvalue weighted by molar-refractivity contribution is -0.303. The number of carbonyl (C=O) groups is 1. The number of ether oxygens (including phenoxy) is 1. The monoisotopic (exact) mass is 439 g/mol. The molecule has 0 aliphatic carbocycles. The highest BCUT2D eigenvalue weighted by Crippen LogP contribution is 2.33. The summed E-state index contributed by atoms with van der Waals surface area (Å²) in [7, 11) is 0. The summed E-state index contributed by atoms with van der Waals surface area (Å²) >= 11 is 6.10. The molecule has 1 aromatic carbocycles. The quantitative estimate of drug-likeness (QED) is 0.380. The summed E-state index contributed by atoms with van der Waals surface area (Å²) in [6, 6.07) is 4.84. The molecule has 1 heterocycles. The molecule has 0 amide bonds. The van der Waals surface area contributed by atoms with E-state index in [1.165, 1.54) is 19.1 Å². The van der Waals surface area contributed by atoms with Gasteiger partial charge in [-0.05, 0) is 54.7 Å². The number of halogens is 4. The highest BCUT2D eigenvalue weighted by atomic mass is 35.5. The van der Waals surface area contributed by atoms with Crippen LogP contribution in [0.15, 0.2) is 54.3 Å². The van der Waals surface area contributed by atoms with Crippen molar-refractivity contribution in [2.75, 3.05) is 0 Å². The fourth-order valence-electron chi connectivity index (χ4n) is 3.06. The van der Waals surface area contributed by atoms with E-state index in [1.807, 2.05) is 0 Å². The van der Waals surface area contributed by atoms with Gasteiger partial charge in [0.25, 0.3) is 0 Å². The van der Waals surface area contributed by atoms with E-state index in [2.05, 4.69) is 16.3 Å². The largest absolute Gasteiger partial charge is 0.573 e. The average molecular weight is 440 g/mol. The van der Waals surface area contributed by atoms with E-state index in [0.717, 1.165) is 6.08 Å². The number of hydrogen-bond acceptors (Lipinski definition) is 3. The molecule has 0 saturated carbocycles. The molecule has 0 spiro atoms. The molecule has 0 aliphatic rings. The van der Waals surface area contributed by atoms with Crippen LogP contribution in [-0.4, -0.2) is 22.4 Å². The highest BCUT2D eigenvalue weighted by molar-refractivity contribution is 6.31. The maximum absolute atomic E-state index is 12.9. The van der Waals surface area contributed by atoms with Crippen molar-refractivity contribution in [2.45, 2.75) is 39.5 Å². The van der Waals surface area contributed by atoms with E-state index < -0.39 is 18.1 Å². The molecule has 160 valence electrons. The molecule has 8 heteroatoms. The van der Waals surface area contributed by atoms with Gasteiger partial charge in [-0.15, -0.1) is 13.2 Å². The SMILES string of the molecule is C=C/C=C\C(OC(F)(F)F)=C(/C)Cc1c(C(=O)O)c(C(C)C)nc2ccc(Cl)cc12. The van der Waals surface area contributed by atoms with Crippen molar-refractivity contribution in [1.29, 1.82) is 0 Å². The molecule has 0 fully saturated rings. The Balaban J connectivity index is 2.81. The van der Waals surface area contributed by atoms with Gasteiger partial charge in [-0.25, -0.2) is 4.79 Å². The summed E-state index contributed by atoms with van der Waals surface area (Å²) < 4.78 is 42.8. The van der Waals surface area contributed by atoms with Gasteiger partial charge in [0.1, 0.15) is 5.76 Å². The standard InChI is InChI=1S/C22H21ClF3NO3/c1-5-6-7-18(30-22(24,25)26)13(4)10-16-15-11-14(23)8-9-17(15)27-20(12(2)3)19(16)21(28)29/h5-9,11-12H,1,10H2,2-4H3,(H,28,29)/b7-6-,18-13-. The molecule has 0 saturated heterocycles. The third-order valence-corrected chi connectivity index (χ3v) is 4.55. The fraction of sp³-hybridized carbons (Fsp3) is 0.273. The normalized spacial score (nSPS) is 13.1. The molecule has 30 heavy (non-hydrogen) atoms. The Bertz CT molecular complexity index is 1040. The predicted molar refractivity (Wildman–Crippen MR) is 111 cm³/mol. The molecule has 0 atom stereocenters. The molecule has 2 rings (SSSR count). The number of aromatic nitrogens is 1. The molecular formula is C22H21ClF3NO3. The number of fused-ring (bicyclic) bond motifs is 1. The first-order valence-electron chi connectivity index (χ1n) is 9.04. The van der Waals surface area contributed by atoms with E-state index in [4.69, 9.17) is 11.6 Å². The number of carboxylic acid groups (broad SMARTS) is 1. The van der Waals surface area contributed by atoms with Crippen LogP contribution in [0.4, 0.5) is 13.2 Å². The van der Waals surface area contributed by atoms with Crippen LogP contribution in [0.5, 0.6) is 0 Å². The number of benzene rings is 1. The summed E-state index contributed by atoms with van der Waals surface area (Å²) in [6.07, 6.45) is -1.24. The summed E-state index contributed by atoms with van der Waals surface area (Å²) in [5, 5.41) is 10.7. The van der Waals surface area contributed by atoms with Gasteiger partial charge in [-0.2, -0.15) is 0 Å².